The molecule has 0 spiro atoms. The molecule has 2 fully saturated rings. The van der Waals surface area contributed by atoms with Crippen molar-refractivity contribution in [2.45, 2.75) is 45.3 Å². The number of fused-ring (bicyclic) bond motifs is 3. The fourth-order valence-corrected chi connectivity index (χ4v) is 5.88. The number of hydrogen-bond donors (Lipinski definition) is 1. The first-order valence-electron chi connectivity index (χ1n) is 12.6. The summed E-state index contributed by atoms with van der Waals surface area (Å²) in [6.07, 6.45) is 4.16. The summed E-state index contributed by atoms with van der Waals surface area (Å²) in [7, 11) is 0. The van der Waals surface area contributed by atoms with Crippen LogP contribution in [0.15, 0.2) is 66.9 Å². The number of pyridine rings is 1. The Morgan fingerprint density at radius 2 is 1.78 bits per heavy atom. The van der Waals surface area contributed by atoms with Gasteiger partial charge in [0.15, 0.2) is 0 Å². The van der Waals surface area contributed by atoms with Crippen LogP contribution in [0.25, 0.3) is 16.9 Å². The van der Waals surface area contributed by atoms with Crippen molar-refractivity contribution < 1.29 is 4.79 Å². The van der Waals surface area contributed by atoms with Gasteiger partial charge < -0.3 is 14.6 Å². The van der Waals surface area contributed by atoms with Crippen LogP contribution in [0.4, 0.5) is 10.5 Å². The van der Waals surface area contributed by atoms with Crippen LogP contribution in [-0.2, 0) is 6.54 Å². The number of amides is 2. The Hall–Kier alpha value is -3.35. The molecule has 2 aromatic heterocycles. The molecule has 2 atom stereocenters. The number of hydrogen-bond acceptors (Lipinski definition) is 3. The van der Waals surface area contributed by atoms with Crippen LogP contribution < -0.4 is 5.32 Å². The van der Waals surface area contributed by atoms with Gasteiger partial charge in [-0.25, -0.2) is 9.78 Å². The molecular weight excluding hydrogens is 470 g/mol. The van der Waals surface area contributed by atoms with Gasteiger partial charge >= 0.3 is 6.03 Å². The molecule has 36 heavy (non-hydrogen) atoms. The SMILES string of the molecule is Cc1ccc(C)c(NC(=O)N2C3CCC2CN(Cc2c(-c4ccc(Cl)cc4)nc4ccccn24)C3)c1. The lowest BCUT2D eigenvalue weighted by molar-refractivity contribution is 0.0894. The number of urea groups is 1. The molecule has 0 saturated carbocycles. The fraction of sp³-hybridized carbons (Fsp3) is 0.310. The van der Waals surface area contributed by atoms with Crippen LogP contribution in [0, 0.1) is 13.8 Å². The molecule has 0 radical (unpaired) electrons. The first-order chi connectivity index (χ1) is 17.5. The smallest absolute Gasteiger partial charge is 0.316 e. The number of benzene rings is 2. The Kier molecular flexibility index (Phi) is 5.94. The van der Waals surface area contributed by atoms with Gasteiger partial charge in [0, 0.05) is 54.2 Å². The van der Waals surface area contributed by atoms with E-state index in [0.717, 1.165) is 71.2 Å². The first kappa shape index (κ1) is 23.1. The number of likely N-dealkylation sites (tertiary alicyclic amines) is 1. The topological polar surface area (TPSA) is 52.9 Å². The van der Waals surface area contributed by atoms with E-state index in [0.29, 0.717) is 0 Å². The second-order valence-electron chi connectivity index (χ2n) is 10.1. The van der Waals surface area contributed by atoms with Crippen LogP contribution in [0.2, 0.25) is 5.02 Å². The van der Waals surface area contributed by atoms with Gasteiger partial charge in [-0.05, 0) is 68.1 Å². The zero-order valence-corrected chi connectivity index (χ0v) is 21.4. The molecule has 2 bridgehead atoms. The number of carbonyl (C=O) groups excluding carboxylic acids is 1. The van der Waals surface area contributed by atoms with Crippen molar-refractivity contribution >= 4 is 29.0 Å². The van der Waals surface area contributed by atoms with Gasteiger partial charge in [-0.1, -0.05) is 41.9 Å². The van der Waals surface area contributed by atoms with Gasteiger partial charge in [0.1, 0.15) is 5.65 Å². The monoisotopic (exact) mass is 499 g/mol. The zero-order valence-electron chi connectivity index (χ0n) is 20.6. The second-order valence-corrected chi connectivity index (χ2v) is 10.5. The highest BCUT2D eigenvalue weighted by molar-refractivity contribution is 6.30. The number of aromatic nitrogens is 2. The fourth-order valence-electron chi connectivity index (χ4n) is 5.75. The van der Waals surface area contributed by atoms with Gasteiger partial charge in [0.25, 0.3) is 0 Å². The van der Waals surface area contributed by atoms with E-state index in [1.165, 1.54) is 5.69 Å². The summed E-state index contributed by atoms with van der Waals surface area (Å²) in [4.78, 5) is 22.9. The molecule has 2 aromatic carbocycles. The van der Waals surface area contributed by atoms with Crippen molar-refractivity contribution in [2.24, 2.45) is 0 Å². The molecule has 2 saturated heterocycles. The molecule has 2 amide bonds. The summed E-state index contributed by atoms with van der Waals surface area (Å²) in [5, 5.41) is 3.90. The molecule has 7 heteroatoms. The normalized spacial score (nSPS) is 19.7. The third kappa shape index (κ3) is 4.25. The number of halogens is 1. The summed E-state index contributed by atoms with van der Waals surface area (Å²) in [6.45, 7) is 6.59. The van der Waals surface area contributed by atoms with E-state index in [2.05, 4.69) is 50.8 Å². The lowest BCUT2D eigenvalue weighted by Gasteiger charge is -2.41. The van der Waals surface area contributed by atoms with Gasteiger partial charge in [0.2, 0.25) is 0 Å². The molecule has 6 nitrogen and oxygen atoms in total. The zero-order chi connectivity index (χ0) is 24.8. The van der Waals surface area contributed by atoms with Crippen molar-refractivity contribution in [3.05, 3.63) is 88.7 Å². The highest BCUT2D eigenvalue weighted by Gasteiger charge is 2.43. The largest absolute Gasteiger partial charge is 0.322 e. The minimum absolute atomic E-state index is 0.0208. The third-order valence-corrected chi connectivity index (χ3v) is 7.80. The van der Waals surface area contributed by atoms with Crippen molar-refractivity contribution in [3.63, 3.8) is 0 Å². The van der Waals surface area contributed by atoms with Crippen LogP contribution in [0.5, 0.6) is 0 Å². The van der Waals surface area contributed by atoms with Crippen molar-refractivity contribution in [2.75, 3.05) is 18.4 Å². The maximum absolute atomic E-state index is 13.3. The Morgan fingerprint density at radius 3 is 2.53 bits per heavy atom. The van der Waals surface area contributed by atoms with Gasteiger partial charge in [-0.3, -0.25) is 4.90 Å². The minimum atomic E-state index is 0.0208. The lowest BCUT2D eigenvalue weighted by Crippen LogP contribution is -2.56. The number of carbonyl (C=O) groups is 1. The van der Waals surface area contributed by atoms with E-state index in [9.17, 15) is 4.79 Å². The molecule has 2 aliphatic heterocycles. The predicted octanol–water partition coefficient (Wildman–Crippen LogP) is 6.15. The van der Waals surface area contributed by atoms with Gasteiger partial charge in [-0.15, -0.1) is 0 Å². The number of nitrogens with zero attached hydrogens (tertiary/aromatic N) is 4. The van der Waals surface area contributed by atoms with E-state index in [4.69, 9.17) is 16.6 Å². The number of aryl methyl sites for hydroxylation is 2. The van der Waals surface area contributed by atoms with Crippen LogP contribution in [-0.4, -0.2) is 50.4 Å². The summed E-state index contributed by atoms with van der Waals surface area (Å²) in [5.74, 6) is 0. The van der Waals surface area contributed by atoms with Gasteiger partial charge in [0.05, 0.1) is 11.4 Å². The summed E-state index contributed by atoms with van der Waals surface area (Å²) in [5.41, 5.74) is 7.29. The maximum Gasteiger partial charge on any atom is 0.322 e. The molecule has 2 unspecified atom stereocenters. The standard InChI is InChI=1S/C29H30ClN5O/c1-19-6-7-20(2)25(15-19)31-29(36)35-23-12-13-24(35)17-33(16-23)18-26-28(21-8-10-22(30)11-9-21)32-27-5-3-4-14-34(26)27/h3-11,14-15,23-24H,12-13,16-18H2,1-2H3,(H,31,36). The number of anilines is 1. The number of piperazine rings is 1. The van der Waals surface area contributed by atoms with Crippen LogP contribution in [0.3, 0.4) is 0 Å². The molecule has 4 aromatic rings. The predicted molar refractivity (Wildman–Crippen MR) is 144 cm³/mol. The Labute approximate surface area is 216 Å². The average molecular weight is 500 g/mol. The van der Waals surface area contributed by atoms with Crippen LogP contribution in [0.1, 0.15) is 29.7 Å². The third-order valence-electron chi connectivity index (χ3n) is 7.55. The van der Waals surface area contributed by atoms with E-state index in [1.54, 1.807) is 0 Å². The van der Waals surface area contributed by atoms with Crippen molar-refractivity contribution in [3.8, 4) is 11.3 Å². The quantitative estimate of drug-likeness (QED) is 0.366. The lowest BCUT2D eigenvalue weighted by atomic mass is 10.1. The second kappa shape index (κ2) is 9.26. The summed E-state index contributed by atoms with van der Waals surface area (Å²) < 4.78 is 2.19. The minimum Gasteiger partial charge on any atom is -0.316 e. The van der Waals surface area contributed by atoms with E-state index in [1.807, 2.05) is 49.4 Å². The number of imidazole rings is 1. The van der Waals surface area contributed by atoms with E-state index in [-0.39, 0.29) is 18.1 Å². The Bertz CT molecular complexity index is 1420. The van der Waals surface area contributed by atoms with Gasteiger partial charge in [-0.2, -0.15) is 0 Å². The number of nitrogens with one attached hydrogen (secondary N) is 1. The molecule has 0 aliphatic carbocycles. The van der Waals surface area contributed by atoms with Crippen molar-refractivity contribution in [1.29, 1.82) is 0 Å². The van der Waals surface area contributed by atoms with E-state index >= 15 is 0 Å². The average Bonchev–Trinajstić information content (AvgIpc) is 3.36. The summed E-state index contributed by atoms with van der Waals surface area (Å²) >= 11 is 6.15. The highest BCUT2D eigenvalue weighted by Crippen LogP contribution is 2.34. The highest BCUT2D eigenvalue weighted by atomic mass is 35.5. The maximum atomic E-state index is 13.3. The molecular formula is C29H30ClN5O. The Morgan fingerprint density at radius 1 is 1.03 bits per heavy atom. The van der Waals surface area contributed by atoms with Crippen molar-refractivity contribution in [1.82, 2.24) is 19.2 Å². The number of rotatable bonds is 4. The summed E-state index contributed by atoms with van der Waals surface area (Å²) in [6, 6.07) is 20.6. The molecule has 4 heterocycles. The molecule has 184 valence electrons. The van der Waals surface area contributed by atoms with E-state index < -0.39 is 0 Å². The molecule has 6 rings (SSSR count). The van der Waals surface area contributed by atoms with Crippen LogP contribution >= 0.6 is 11.6 Å². The molecule has 2 aliphatic rings. The Balaban J connectivity index is 1.23. The first-order valence-corrected chi connectivity index (χ1v) is 12.9. The molecule has 1 N–H and O–H groups in total.